The molecule has 1 spiro atoms. The van der Waals surface area contributed by atoms with Crippen molar-refractivity contribution >= 4 is 11.8 Å². The molecule has 2 aromatic carbocycles. The Bertz CT molecular complexity index is 831. The van der Waals surface area contributed by atoms with Crippen LogP contribution in [0.25, 0.3) is 0 Å². The van der Waals surface area contributed by atoms with Gasteiger partial charge in [-0.1, -0.05) is 60.7 Å². The lowest BCUT2D eigenvalue weighted by Crippen LogP contribution is -2.85. The number of benzene rings is 2. The van der Waals surface area contributed by atoms with E-state index in [0.29, 0.717) is 19.5 Å². The first-order chi connectivity index (χ1) is 13.1. The molecule has 0 bridgehead atoms. The Balaban J connectivity index is 1.54. The van der Waals surface area contributed by atoms with Crippen molar-refractivity contribution in [1.82, 2.24) is 9.80 Å². The van der Waals surface area contributed by atoms with Crippen LogP contribution >= 0.6 is 0 Å². The molecule has 2 saturated heterocycles. The van der Waals surface area contributed by atoms with Crippen molar-refractivity contribution in [3.05, 3.63) is 71.8 Å². The van der Waals surface area contributed by atoms with Crippen LogP contribution in [0.15, 0.2) is 60.7 Å². The number of hydrogen-bond donors (Lipinski definition) is 1. The van der Waals surface area contributed by atoms with E-state index in [-0.39, 0.29) is 30.4 Å². The second-order valence-electron chi connectivity index (χ2n) is 7.54. The Morgan fingerprint density at radius 3 is 2.19 bits per heavy atom. The summed E-state index contributed by atoms with van der Waals surface area (Å²) in [5, 5.41) is 9.88. The maximum absolute atomic E-state index is 12.7. The molecule has 140 valence electrons. The molecule has 27 heavy (non-hydrogen) atoms. The molecular weight excluding hydrogens is 340 g/mol. The maximum Gasteiger partial charge on any atom is 0.227 e. The fraction of sp³-hybridized carbons (Fsp3) is 0.364. The van der Waals surface area contributed by atoms with Crippen molar-refractivity contribution in [1.29, 1.82) is 0 Å². The normalized spacial score (nSPS) is 22.9. The molecule has 0 unspecified atom stereocenters. The van der Waals surface area contributed by atoms with Gasteiger partial charge in [0.05, 0.1) is 24.6 Å². The highest BCUT2D eigenvalue weighted by Gasteiger charge is 2.67. The molecule has 4 rings (SSSR count). The van der Waals surface area contributed by atoms with E-state index in [2.05, 4.69) is 0 Å². The molecule has 2 aliphatic rings. The topological polar surface area (TPSA) is 60.9 Å². The minimum atomic E-state index is -0.396. The van der Waals surface area contributed by atoms with E-state index in [1.807, 2.05) is 65.6 Å². The highest BCUT2D eigenvalue weighted by atomic mass is 16.3. The third-order valence-electron chi connectivity index (χ3n) is 5.94. The van der Waals surface area contributed by atoms with E-state index in [1.54, 1.807) is 11.8 Å². The third kappa shape index (κ3) is 2.82. The summed E-state index contributed by atoms with van der Waals surface area (Å²) < 4.78 is 0. The maximum atomic E-state index is 12.7. The molecule has 2 atom stereocenters. The SMILES string of the molecule is CC(=O)N1[C@H](CO)[C@H](c2ccccc2)C12CN(C(=O)Cc1ccccc1)C2. The van der Waals surface area contributed by atoms with Crippen molar-refractivity contribution < 1.29 is 14.7 Å². The van der Waals surface area contributed by atoms with Crippen LogP contribution < -0.4 is 0 Å². The van der Waals surface area contributed by atoms with E-state index in [9.17, 15) is 14.7 Å². The second kappa shape index (κ2) is 6.82. The first-order valence-corrected chi connectivity index (χ1v) is 9.34. The minimum absolute atomic E-state index is 0.0450. The zero-order chi connectivity index (χ0) is 19.0. The molecule has 2 aromatic rings. The van der Waals surface area contributed by atoms with Gasteiger partial charge in [-0.15, -0.1) is 0 Å². The molecule has 2 heterocycles. The van der Waals surface area contributed by atoms with Gasteiger partial charge in [-0.05, 0) is 11.1 Å². The lowest BCUT2D eigenvalue weighted by Gasteiger charge is -2.70. The number of likely N-dealkylation sites (tertiary alicyclic amines) is 2. The van der Waals surface area contributed by atoms with Crippen LogP contribution in [0, 0.1) is 0 Å². The number of hydrogen-bond acceptors (Lipinski definition) is 3. The van der Waals surface area contributed by atoms with Gasteiger partial charge in [-0.25, -0.2) is 0 Å². The zero-order valence-electron chi connectivity index (χ0n) is 15.4. The highest BCUT2D eigenvalue weighted by Crippen LogP contribution is 2.53. The fourth-order valence-electron chi connectivity index (χ4n) is 4.85. The summed E-state index contributed by atoms with van der Waals surface area (Å²) >= 11 is 0. The summed E-state index contributed by atoms with van der Waals surface area (Å²) in [6, 6.07) is 19.5. The summed E-state index contributed by atoms with van der Waals surface area (Å²) in [4.78, 5) is 28.5. The van der Waals surface area contributed by atoms with Gasteiger partial charge < -0.3 is 14.9 Å². The number of amides is 2. The van der Waals surface area contributed by atoms with Crippen molar-refractivity contribution in [2.75, 3.05) is 19.7 Å². The number of aliphatic hydroxyl groups is 1. The van der Waals surface area contributed by atoms with Gasteiger partial charge in [0, 0.05) is 25.9 Å². The quantitative estimate of drug-likeness (QED) is 0.900. The lowest BCUT2D eigenvalue weighted by atomic mass is 9.60. The second-order valence-corrected chi connectivity index (χ2v) is 7.54. The molecule has 5 nitrogen and oxygen atoms in total. The zero-order valence-corrected chi connectivity index (χ0v) is 15.4. The van der Waals surface area contributed by atoms with Gasteiger partial charge >= 0.3 is 0 Å². The van der Waals surface area contributed by atoms with Gasteiger partial charge in [-0.3, -0.25) is 9.59 Å². The molecule has 0 saturated carbocycles. The Morgan fingerprint density at radius 1 is 1.04 bits per heavy atom. The molecule has 2 amide bonds. The van der Waals surface area contributed by atoms with E-state index in [0.717, 1.165) is 11.1 Å². The van der Waals surface area contributed by atoms with Crippen LogP contribution in [0.5, 0.6) is 0 Å². The Labute approximate surface area is 159 Å². The third-order valence-corrected chi connectivity index (χ3v) is 5.94. The number of carbonyl (C=O) groups is 2. The average molecular weight is 364 g/mol. The smallest absolute Gasteiger partial charge is 0.227 e. The Hall–Kier alpha value is -2.66. The monoisotopic (exact) mass is 364 g/mol. The van der Waals surface area contributed by atoms with E-state index in [4.69, 9.17) is 0 Å². The molecule has 0 radical (unpaired) electrons. The largest absolute Gasteiger partial charge is 0.394 e. The van der Waals surface area contributed by atoms with Crippen molar-refractivity contribution in [2.24, 2.45) is 0 Å². The summed E-state index contributed by atoms with van der Waals surface area (Å²) in [5.41, 5.74) is 1.71. The summed E-state index contributed by atoms with van der Waals surface area (Å²) in [6.45, 7) is 2.52. The first-order valence-electron chi connectivity index (χ1n) is 9.34. The summed E-state index contributed by atoms with van der Waals surface area (Å²) in [6.07, 6.45) is 0.371. The average Bonchev–Trinajstić information content (AvgIpc) is 2.61. The van der Waals surface area contributed by atoms with E-state index in [1.165, 1.54) is 0 Å². The molecule has 1 N–H and O–H groups in total. The van der Waals surface area contributed by atoms with Crippen LogP contribution in [0.1, 0.15) is 24.0 Å². The molecule has 5 heteroatoms. The molecule has 2 aliphatic heterocycles. The Kier molecular flexibility index (Phi) is 4.48. The summed E-state index contributed by atoms with van der Waals surface area (Å²) in [5.74, 6) is 0.0827. The summed E-state index contributed by atoms with van der Waals surface area (Å²) in [7, 11) is 0. The standard InChI is InChI=1S/C22H24N2O3/c1-16(26)24-19(13-25)21(18-10-6-3-7-11-18)22(24)14-23(15-22)20(27)12-17-8-4-2-5-9-17/h2-11,19,21,25H,12-15H2,1H3/t19-,21+/m1/s1. The Morgan fingerprint density at radius 2 is 1.63 bits per heavy atom. The van der Waals surface area contributed by atoms with Gasteiger partial charge in [0.2, 0.25) is 11.8 Å². The van der Waals surface area contributed by atoms with Gasteiger partial charge in [0.25, 0.3) is 0 Å². The number of carbonyl (C=O) groups excluding carboxylic acids is 2. The van der Waals surface area contributed by atoms with Crippen molar-refractivity contribution in [3.8, 4) is 0 Å². The van der Waals surface area contributed by atoms with Crippen molar-refractivity contribution in [3.63, 3.8) is 0 Å². The van der Waals surface area contributed by atoms with Crippen LogP contribution in [-0.2, 0) is 16.0 Å². The highest BCUT2D eigenvalue weighted by molar-refractivity contribution is 5.82. The van der Waals surface area contributed by atoms with Crippen LogP contribution in [0.3, 0.4) is 0 Å². The predicted octanol–water partition coefficient (Wildman–Crippen LogP) is 1.82. The first kappa shape index (κ1) is 17.7. The number of nitrogens with zero attached hydrogens (tertiary/aromatic N) is 2. The van der Waals surface area contributed by atoms with Gasteiger partial charge in [-0.2, -0.15) is 0 Å². The molecule has 2 fully saturated rings. The van der Waals surface area contributed by atoms with Crippen LogP contribution in [-0.4, -0.2) is 58.0 Å². The predicted molar refractivity (Wildman–Crippen MR) is 102 cm³/mol. The molecule has 0 aliphatic carbocycles. The molecule has 0 aromatic heterocycles. The van der Waals surface area contributed by atoms with Gasteiger partial charge in [0.1, 0.15) is 0 Å². The molecular formula is C22H24N2O3. The van der Waals surface area contributed by atoms with Gasteiger partial charge in [0.15, 0.2) is 0 Å². The minimum Gasteiger partial charge on any atom is -0.394 e. The van der Waals surface area contributed by atoms with Crippen molar-refractivity contribution in [2.45, 2.75) is 30.8 Å². The number of rotatable bonds is 4. The van der Waals surface area contributed by atoms with Crippen LogP contribution in [0.2, 0.25) is 0 Å². The number of aliphatic hydroxyl groups excluding tert-OH is 1. The van der Waals surface area contributed by atoms with E-state index < -0.39 is 5.54 Å². The lowest BCUT2D eigenvalue weighted by molar-refractivity contribution is -0.201. The van der Waals surface area contributed by atoms with E-state index >= 15 is 0 Å². The van der Waals surface area contributed by atoms with Crippen LogP contribution in [0.4, 0.5) is 0 Å². The fourth-order valence-corrected chi connectivity index (χ4v) is 4.85.